The van der Waals surface area contributed by atoms with Gasteiger partial charge < -0.3 is 10.6 Å². The van der Waals surface area contributed by atoms with Gasteiger partial charge in [-0.25, -0.2) is 0 Å². The molecule has 4 amide bonds. The Kier molecular flexibility index (Phi) is 6.93. The van der Waals surface area contributed by atoms with Crippen molar-refractivity contribution < 1.29 is 19.2 Å². The minimum absolute atomic E-state index is 0.0977. The fourth-order valence-electron chi connectivity index (χ4n) is 4.39. The van der Waals surface area contributed by atoms with Crippen LogP contribution in [-0.2, 0) is 19.2 Å². The molecule has 1 aromatic rings. The van der Waals surface area contributed by atoms with Crippen LogP contribution < -0.4 is 10.6 Å². The SMILES string of the molecule is Cc1cccc(C)c1NC(=O)CNC(=O)[C@H](CC(C)C)N1C(=O)[C@@H]2CC=CC[C@H]2C1=O. The minimum Gasteiger partial charge on any atom is -0.345 e. The third kappa shape index (κ3) is 4.86. The van der Waals surface area contributed by atoms with Crippen molar-refractivity contribution in [3.8, 4) is 0 Å². The van der Waals surface area contributed by atoms with E-state index in [9.17, 15) is 19.2 Å². The molecule has 1 aromatic carbocycles. The second-order valence-electron chi connectivity index (χ2n) is 8.88. The van der Waals surface area contributed by atoms with Crippen molar-refractivity contribution in [1.29, 1.82) is 0 Å². The molecule has 0 bridgehead atoms. The lowest BCUT2D eigenvalue weighted by Gasteiger charge is -2.27. The van der Waals surface area contributed by atoms with Gasteiger partial charge in [0.2, 0.25) is 23.6 Å². The van der Waals surface area contributed by atoms with Gasteiger partial charge in [-0.1, -0.05) is 44.2 Å². The van der Waals surface area contributed by atoms with E-state index in [1.807, 2.05) is 58.0 Å². The van der Waals surface area contributed by atoms with Crippen LogP contribution in [0.15, 0.2) is 30.4 Å². The van der Waals surface area contributed by atoms with E-state index in [-0.39, 0.29) is 42.0 Å². The zero-order valence-electron chi connectivity index (χ0n) is 18.6. The quantitative estimate of drug-likeness (QED) is 0.519. The van der Waals surface area contributed by atoms with Crippen LogP contribution in [0.3, 0.4) is 0 Å². The van der Waals surface area contributed by atoms with Crippen LogP contribution in [-0.4, -0.2) is 41.1 Å². The monoisotopic (exact) mass is 425 g/mol. The number of fused-ring (bicyclic) bond motifs is 1. The lowest BCUT2D eigenvalue weighted by Crippen LogP contribution is -2.51. The first-order valence-corrected chi connectivity index (χ1v) is 10.9. The smallest absolute Gasteiger partial charge is 0.243 e. The first-order valence-electron chi connectivity index (χ1n) is 10.9. The summed E-state index contributed by atoms with van der Waals surface area (Å²) in [4.78, 5) is 52.5. The van der Waals surface area contributed by atoms with E-state index in [4.69, 9.17) is 0 Å². The van der Waals surface area contributed by atoms with Gasteiger partial charge in [-0.15, -0.1) is 0 Å². The molecule has 0 saturated carbocycles. The highest BCUT2D eigenvalue weighted by Gasteiger charge is 2.51. The molecule has 3 atom stereocenters. The molecule has 31 heavy (non-hydrogen) atoms. The number of hydrogen-bond acceptors (Lipinski definition) is 4. The summed E-state index contributed by atoms with van der Waals surface area (Å²) >= 11 is 0. The predicted octanol–water partition coefficient (Wildman–Crippen LogP) is 2.72. The summed E-state index contributed by atoms with van der Waals surface area (Å²) in [5, 5.41) is 5.47. The zero-order valence-corrected chi connectivity index (χ0v) is 18.6. The van der Waals surface area contributed by atoms with Crippen molar-refractivity contribution in [2.75, 3.05) is 11.9 Å². The Morgan fingerprint density at radius 2 is 1.58 bits per heavy atom. The summed E-state index contributed by atoms with van der Waals surface area (Å²) in [5.74, 6) is -2.05. The molecular formula is C24H31N3O4. The first kappa shape index (κ1) is 22.7. The number of nitrogens with one attached hydrogen (secondary N) is 2. The van der Waals surface area contributed by atoms with Crippen LogP contribution in [0, 0.1) is 31.6 Å². The van der Waals surface area contributed by atoms with Gasteiger partial charge in [0.05, 0.1) is 18.4 Å². The van der Waals surface area contributed by atoms with E-state index in [2.05, 4.69) is 10.6 Å². The van der Waals surface area contributed by atoms with E-state index < -0.39 is 11.9 Å². The van der Waals surface area contributed by atoms with E-state index >= 15 is 0 Å². The third-order valence-corrected chi connectivity index (χ3v) is 6.02. The molecule has 1 saturated heterocycles. The average Bonchev–Trinajstić information content (AvgIpc) is 2.98. The molecule has 7 heteroatoms. The second kappa shape index (κ2) is 9.45. The number of hydrogen-bond donors (Lipinski definition) is 2. The maximum atomic E-state index is 13.0. The van der Waals surface area contributed by atoms with E-state index in [1.165, 1.54) is 0 Å². The zero-order chi connectivity index (χ0) is 22.7. The average molecular weight is 426 g/mol. The summed E-state index contributed by atoms with van der Waals surface area (Å²) < 4.78 is 0. The number of para-hydroxylation sites is 1. The van der Waals surface area contributed by atoms with Gasteiger partial charge in [-0.3, -0.25) is 24.1 Å². The van der Waals surface area contributed by atoms with Crippen molar-refractivity contribution >= 4 is 29.3 Å². The number of likely N-dealkylation sites (tertiary alicyclic amines) is 1. The Morgan fingerprint density at radius 1 is 1.03 bits per heavy atom. The largest absolute Gasteiger partial charge is 0.345 e. The van der Waals surface area contributed by atoms with Crippen LogP contribution in [0.1, 0.15) is 44.2 Å². The molecule has 166 valence electrons. The van der Waals surface area contributed by atoms with E-state index in [0.717, 1.165) is 21.7 Å². The number of benzene rings is 1. The number of imide groups is 1. The Bertz CT molecular complexity index is 875. The molecule has 1 fully saturated rings. The molecule has 1 aliphatic heterocycles. The highest BCUT2D eigenvalue weighted by molar-refractivity contribution is 6.09. The van der Waals surface area contributed by atoms with Gasteiger partial charge in [-0.05, 0) is 50.2 Å². The molecule has 1 aliphatic carbocycles. The van der Waals surface area contributed by atoms with Crippen molar-refractivity contribution in [1.82, 2.24) is 10.2 Å². The molecule has 7 nitrogen and oxygen atoms in total. The number of nitrogens with zero attached hydrogens (tertiary/aromatic N) is 1. The van der Waals surface area contributed by atoms with Gasteiger partial charge in [0.15, 0.2) is 0 Å². The van der Waals surface area contributed by atoms with Crippen molar-refractivity contribution in [3.05, 3.63) is 41.5 Å². The molecule has 0 unspecified atom stereocenters. The molecule has 2 N–H and O–H groups in total. The van der Waals surface area contributed by atoms with Gasteiger partial charge in [0, 0.05) is 5.69 Å². The van der Waals surface area contributed by atoms with Crippen molar-refractivity contribution in [3.63, 3.8) is 0 Å². The van der Waals surface area contributed by atoms with Gasteiger partial charge in [0.1, 0.15) is 6.04 Å². The number of aryl methyl sites for hydroxylation is 2. The van der Waals surface area contributed by atoms with E-state index in [1.54, 1.807) is 0 Å². The molecule has 2 aliphatic rings. The molecule has 0 spiro atoms. The molecule has 0 aromatic heterocycles. The number of rotatable bonds is 7. The lowest BCUT2D eigenvalue weighted by atomic mass is 9.85. The standard InChI is InChI=1S/C24H31N3O4/c1-14(2)12-19(27-23(30)17-10-5-6-11-18(17)24(27)31)22(29)25-13-20(28)26-21-15(3)8-7-9-16(21)4/h5-9,14,17-19H,10-13H2,1-4H3,(H,25,29)(H,26,28)/t17-,18-,19+/m1/s1. The third-order valence-electron chi connectivity index (χ3n) is 6.02. The normalized spacial score (nSPS) is 21.3. The Morgan fingerprint density at radius 3 is 2.10 bits per heavy atom. The molecule has 1 heterocycles. The van der Waals surface area contributed by atoms with Gasteiger partial charge >= 0.3 is 0 Å². The Hall–Kier alpha value is -2.96. The Labute approximate surface area is 183 Å². The number of carbonyl (C=O) groups excluding carboxylic acids is 4. The van der Waals surface area contributed by atoms with Crippen LogP contribution >= 0.6 is 0 Å². The fraction of sp³-hybridized carbons (Fsp3) is 0.500. The topological polar surface area (TPSA) is 95.6 Å². The number of anilines is 1. The van der Waals surface area contributed by atoms with Crippen LogP contribution in [0.2, 0.25) is 0 Å². The maximum absolute atomic E-state index is 13.0. The fourth-order valence-corrected chi connectivity index (χ4v) is 4.39. The van der Waals surface area contributed by atoms with E-state index in [0.29, 0.717) is 19.3 Å². The van der Waals surface area contributed by atoms with Crippen molar-refractivity contribution in [2.24, 2.45) is 17.8 Å². The lowest BCUT2D eigenvalue weighted by molar-refractivity contribution is -0.148. The predicted molar refractivity (Wildman–Crippen MR) is 118 cm³/mol. The minimum atomic E-state index is -0.904. The molecule has 0 radical (unpaired) electrons. The summed E-state index contributed by atoms with van der Waals surface area (Å²) in [5.41, 5.74) is 2.59. The summed E-state index contributed by atoms with van der Waals surface area (Å²) in [6, 6.07) is 4.81. The highest BCUT2D eigenvalue weighted by Crippen LogP contribution is 2.37. The first-order chi connectivity index (χ1) is 14.7. The van der Waals surface area contributed by atoms with Gasteiger partial charge in [0.25, 0.3) is 0 Å². The van der Waals surface area contributed by atoms with Crippen molar-refractivity contribution in [2.45, 2.75) is 53.0 Å². The number of carbonyl (C=O) groups is 4. The maximum Gasteiger partial charge on any atom is 0.243 e. The van der Waals surface area contributed by atoms with Crippen LogP contribution in [0.25, 0.3) is 0 Å². The highest BCUT2D eigenvalue weighted by atomic mass is 16.2. The van der Waals surface area contributed by atoms with Crippen LogP contribution in [0.4, 0.5) is 5.69 Å². The number of allylic oxidation sites excluding steroid dienone is 2. The van der Waals surface area contributed by atoms with Gasteiger partial charge in [-0.2, -0.15) is 0 Å². The summed E-state index contributed by atoms with van der Waals surface area (Å²) in [7, 11) is 0. The van der Waals surface area contributed by atoms with Crippen LogP contribution in [0.5, 0.6) is 0 Å². The Balaban J connectivity index is 1.68. The summed E-state index contributed by atoms with van der Waals surface area (Å²) in [6.45, 7) is 7.45. The molecule has 3 rings (SSSR count). The molecular weight excluding hydrogens is 394 g/mol. The second-order valence-corrected chi connectivity index (χ2v) is 8.88. The number of amides is 4. The summed E-state index contributed by atoms with van der Waals surface area (Å²) in [6.07, 6.45) is 5.26.